The molecule has 3 N–H and O–H groups in total. The van der Waals surface area contributed by atoms with E-state index in [0.29, 0.717) is 18.1 Å². The Hall–Kier alpha value is -2.04. The van der Waals surface area contributed by atoms with Gasteiger partial charge in [-0.3, -0.25) is 4.99 Å². The highest BCUT2D eigenvalue weighted by atomic mass is 32.2. The van der Waals surface area contributed by atoms with Crippen LogP contribution in [0.25, 0.3) is 0 Å². The number of benzene rings is 1. The van der Waals surface area contributed by atoms with Crippen molar-refractivity contribution in [3.8, 4) is 0 Å². The average molecular weight is 402 g/mol. The largest absolute Gasteiger partial charge is 0.355 e. The van der Waals surface area contributed by atoms with E-state index in [1.165, 1.54) is 12.1 Å². The standard InChI is InChI=1S/C16H20F2N4O2S2/c1-11(12-5-6-13(17)14(18)10-12)22-16(19-2)20-7-8-21-26(23,24)15-4-3-9-25-15/h3-6,9-11,21H,7-8H2,1-2H3,(H2,19,20,22). The van der Waals surface area contributed by atoms with Gasteiger partial charge in [0.25, 0.3) is 0 Å². The van der Waals surface area contributed by atoms with Gasteiger partial charge in [-0.05, 0) is 36.1 Å². The van der Waals surface area contributed by atoms with Gasteiger partial charge in [0.2, 0.25) is 10.0 Å². The van der Waals surface area contributed by atoms with Gasteiger partial charge in [-0.15, -0.1) is 11.3 Å². The zero-order valence-electron chi connectivity index (χ0n) is 14.3. The lowest BCUT2D eigenvalue weighted by Gasteiger charge is -2.18. The van der Waals surface area contributed by atoms with Crippen LogP contribution >= 0.6 is 11.3 Å². The maximum atomic E-state index is 13.3. The zero-order valence-corrected chi connectivity index (χ0v) is 15.9. The van der Waals surface area contributed by atoms with E-state index in [-0.39, 0.29) is 16.8 Å². The quantitative estimate of drug-likeness (QED) is 0.377. The number of thiophene rings is 1. The smallest absolute Gasteiger partial charge is 0.250 e. The summed E-state index contributed by atoms with van der Waals surface area (Å²) in [5.41, 5.74) is 0.560. The van der Waals surface area contributed by atoms with Gasteiger partial charge in [0.1, 0.15) is 4.21 Å². The molecular weight excluding hydrogens is 382 g/mol. The number of sulfonamides is 1. The van der Waals surface area contributed by atoms with Crippen molar-refractivity contribution in [1.82, 2.24) is 15.4 Å². The highest BCUT2D eigenvalue weighted by molar-refractivity contribution is 7.91. The summed E-state index contributed by atoms with van der Waals surface area (Å²) < 4.78 is 53.1. The van der Waals surface area contributed by atoms with Crippen LogP contribution in [0.1, 0.15) is 18.5 Å². The summed E-state index contributed by atoms with van der Waals surface area (Å²) >= 11 is 1.14. The van der Waals surface area contributed by atoms with Crippen LogP contribution in [0.2, 0.25) is 0 Å². The minimum Gasteiger partial charge on any atom is -0.355 e. The molecular formula is C16H20F2N4O2S2. The first-order valence-electron chi connectivity index (χ1n) is 7.79. The Balaban J connectivity index is 1.83. The van der Waals surface area contributed by atoms with Crippen molar-refractivity contribution in [2.75, 3.05) is 20.1 Å². The van der Waals surface area contributed by atoms with Crippen LogP contribution in [0, 0.1) is 11.6 Å². The van der Waals surface area contributed by atoms with Crippen LogP contribution in [-0.2, 0) is 10.0 Å². The second kappa shape index (κ2) is 9.06. The molecule has 0 aliphatic carbocycles. The molecule has 0 radical (unpaired) electrons. The monoisotopic (exact) mass is 402 g/mol. The molecule has 1 aromatic carbocycles. The summed E-state index contributed by atoms with van der Waals surface area (Å²) in [6.45, 7) is 2.24. The normalized spacial score (nSPS) is 13.5. The summed E-state index contributed by atoms with van der Waals surface area (Å²) in [5.74, 6) is -1.40. The van der Waals surface area contributed by atoms with Gasteiger partial charge >= 0.3 is 0 Å². The van der Waals surface area contributed by atoms with Crippen LogP contribution in [0.3, 0.4) is 0 Å². The maximum Gasteiger partial charge on any atom is 0.250 e. The van der Waals surface area contributed by atoms with Crippen molar-refractivity contribution in [3.63, 3.8) is 0 Å². The molecule has 1 heterocycles. The molecule has 1 aromatic heterocycles. The van der Waals surface area contributed by atoms with E-state index in [1.54, 1.807) is 25.4 Å². The third-order valence-corrected chi connectivity index (χ3v) is 6.35. The molecule has 0 fully saturated rings. The van der Waals surface area contributed by atoms with Gasteiger partial charge < -0.3 is 10.6 Å². The van der Waals surface area contributed by atoms with Crippen molar-refractivity contribution in [3.05, 3.63) is 52.9 Å². The van der Waals surface area contributed by atoms with Gasteiger partial charge in [-0.1, -0.05) is 12.1 Å². The molecule has 142 valence electrons. The topological polar surface area (TPSA) is 82.6 Å². The van der Waals surface area contributed by atoms with E-state index >= 15 is 0 Å². The SMILES string of the molecule is CN=C(NCCNS(=O)(=O)c1cccs1)NC(C)c1ccc(F)c(F)c1. The highest BCUT2D eigenvalue weighted by Crippen LogP contribution is 2.16. The summed E-state index contributed by atoms with van der Waals surface area (Å²) in [6, 6.07) is 6.55. The molecule has 2 aromatic rings. The molecule has 6 nitrogen and oxygen atoms in total. The number of rotatable bonds is 7. The van der Waals surface area contributed by atoms with Crippen molar-refractivity contribution in [1.29, 1.82) is 0 Å². The van der Waals surface area contributed by atoms with E-state index in [9.17, 15) is 17.2 Å². The van der Waals surface area contributed by atoms with Crippen molar-refractivity contribution >= 4 is 27.3 Å². The first kappa shape index (κ1) is 20.3. The molecule has 26 heavy (non-hydrogen) atoms. The van der Waals surface area contributed by atoms with Crippen LogP contribution in [0.4, 0.5) is 8.78 Å². The molecule has 2 rings (SSSR count). The van der Waals surface area contributed by atoms with E-state index in [1.807, 2.05) is 0 Å². The lowest BCUT2D eigenvalue weighted by molar-refractivity contribution is 0.504. The molecule has 0 bridgehead atoms. The molecule has 0 saturated carbocycles. The molecule has 0 aliphatic heterocycles. The minimum atomic E-state index is -3.51. The summed E-state index contributed by atoms with van der Waals surface area (Å²) in [6.07, 6.45) is 0. The first-order chi connectivity index (χ1) is 12.3. The third-order valence-electron chi connectivity index (χ3n) is 3.49. The Morgan fingerprint density at radius 2 is 2.00 bits per heavy atom. The zero-order chi connectivity index (χ0) is 19.2. The lowest BCUT2D eigenvalue weighted by atomic mass is 10.1. The van der Waals surface area contributed by atoms with Crippen molar-refractivity contribution < 1.29 is 17.2 Å². The lowest BCUT2D eigenvalue weighted by Crippen LogP contribution is -2.42. The van der Waals surface area contributed by atoms with Gasteiger partial charge in [0.15, 0.2) is 17.6 Å². The van der Waals surface area contributed by atoms with E-state index in [2.05, 4.69) is 20.3 Å². The second-order valence-corrected chi connectivity index (χ2v) is 8.31. The predicted octanol–water partition coefficient (Wildman–Crippen LogP) is 2.23. The molecule has 10 heteroatoms. The molecule has 0 spiro atoms. The van der Waals surface area contributed by atoms with Crippen LogP contribution in [0.15, 0.2) is 44.9 Å². The number of hydrogen-bond acceptors (Lipinski definition) is 4. The maximum absolute atomic E-state index is 13.3. The number of halogens is 2. The Morgan fingerprint density at radius 3 is 2.62 bits per heavy atom. The minimum absolute atomic E-state index is 0.167. The Labute approximate surface area is 155 Å². The van der Waals surface area contributed by atoms with Crippen molar-refractivity contribution in [2.45, 2.75) is 17.2 Å². The number of nitrogens with one attached hydrogen (secondary N) is 3. The molecule has 0 aliphatic rings. The third kappa shape index (κ3) is 5.48. The summed E-state index contributed by atoms with van der Waals surface area (Å²) in [4.78, 5) is 4.03. The Kier molecular flexibility index (Phi) is 7.06. The van der Waals surface area contributed by atoms with Crippen LogP contribution < -0.4 is 15.4 Å². The summed E-state index contributed by atoms with van der Waals surface area (Å²) in [7, 11) is -1.95. The average Bonchev–Trinajstić information content (AvgIpc) is 3.15. The van der Waals surface area contributed by atoms with Gasteiger partial charge in [0.05, 0.1) is 6.04 Å². The molecule has 1 atom stereocenters. The number of aliphatic imine (C=N–C) groups is 1. The molecule has 0 saturated heterocycles. The van der Waals surface area contributed by atoms with Crippen LogP contribution in [0.5, 0.6) is 0 Å². The Bertz CT molecular complexity index is 855. The van der Waals surface area contributed by atoms with Gasteiger partial charge in [-0.2, -0.15) is 0 Å². The van der Waals surface area contributed by atoms with Crippen LogP contribution in [-0.4, -0.2) is 34.5 Å². The fourth-order valence-corrected chi connectivity index (χ4v) is 4.19. The fraction of sp³-hybridized carbons (Fsp3) is 0.312. The fourth-order valence-electron chi connectivity index (χ4n) is 2.12. The Morgan fingerprint density at radius 1 is 1.23 bits per heavy atom. The molecule has 0 amide bonds. The first-order valence-corrected chi connectivity index (χ1v) is 10.1. The second-order valence-electron chi connectivity index (χ2n) is 5.37. The predicted molar refractivity (Wildman–Crippen MR) is 98.8 cm³/mol. The number of nitrogens with zero attached hydrogens (tertiary/aromatic N) is 1. The number of hydrogen-bond donors (Lipinski definition) is 3. The van der Waals surface area contributed by atoms with Gasteiger partial charge in [-0.25, -0.2) is 21.9 Å². The van der Waals surface area contributed by atoms with E-state index < -0.39 is 21.7 Å². The number of guanidine groups is 1. The van der Waals surface area contributed by atoms with Gasteiger partial charge in [0, 0.05) is 20.1 Å². The van der Waals surface area contributed by atoms with E-state index in [4.69, 9.17) is 0 Å². The molecule has 1 unspecified atom stereocenters. The highest BCUT2D eigenvalue weighted by Gasteiger charge is 2.14. The summed E-state index contributed by atoms with van der Waals surface area (Å²) in [5, 5.41) is 7.68. The van der Waals surface area contributed by atoms with E-state index in [0.717, 1.165) is 23.5 Å². The van der Waals surface area contributed by atoms with Crippen molar-refractivity contribution in [2.24, 2.45) is 4.99 Å².